The summed E-state index contributed by atoms with van der Waals surface area (Å²) in [5.41, 5.74) is 2.04. The fourth-order valence-electron chi connectivity index (χ4n) is 1.33. The van der Waals surface area contributed by atoms with E-state index < -0.39 is 0 Å². The molecule has 0 saturated carbocycles. The van der Waals surface area contributed by atoms with Crippen LogP contribution in [-0.2, 0) is 6.61 Å². The molecule has 14 heavy (non-hydrogen) atoms. The highest BCUT2D eigenvalue weighted by atomic mass is 16.5. The molecule has 0 spiro atoms. The van der Waals surface area contributed by atoms with Gasteiger partial charge in [-0.25, -0.2) is 0 Å². The van der Waals surface area contributed by atoms with Crippen molar-refractivity contribution in [1.29, 1.82) is 0 Å². The molecule has 0 heterocycles. The molecule has 1 N–H and O–H groups in total. The smallest absolute Gasteiger partial charge is 0.119 e. The largest absolute Gasteiger partial charge is 0.494 e. The average Bonchev–Trinajstić information content (AvgIpc) is 2.17. The first kappa shape index (κ1) is 11.1. The minimum absolute atomic E-state index is 0.0752. The molecule has 0 unspecified atom stereocenters. The van der Waals surface area contributed by atoms with E-state index in [1.807, 2.05) is 25.1 Å². The predicted octanol–water partition coefficient (Wildman–Crippen LogP) is 2.67. The van der Waals surface area contributed by atoms with Crippen LogP contribution in [0.15, 0.2) is 18.2 Å². The first-order valence-electron chi connectivity index (χ1n) is 5.10. The Labute approximate surface area is 85.5 Å². The maximum atomic E-state index is 9.00. The SMILES string of the molecule is CCCCOc1cc(C)cc(CO)c1. The summed E-state index contributed by atoms with van der Waals surface area (Å²) >= 11 is 0. The van der Waals surface area contributed by atoms with Crippen molar-refractivity contribution in [2.45, 2.75) is 33.3 Å². The van der Waals surface area contributed by atoms with Crippen LogP contribution in [0.3, 0.4) is 0 Å². The Morgan fingerprint density at radius 2 is 2.07 bits per heavy atom. The van der Waals surface area contributed by atoms with Gasteiger partial charge in [-0.1, -0.05) is 19.4 Å². The van der Waals surface area contributed by atoms with Crippen LogP contribution < -0.4 is 4.74 Å². The minimum Gasteiger partial charge on any atom is -0.494 e. The number of ether oxygens (including phenoxy) is 1. The Balaban J connectivity index is 2.62. The van der Waals surface area contributed by atoms with Crippen LogP contribution in [0.2, 0.25) is 0 Å². The van der Waals surface area contributed by atoms with E-state index in [9.17, 15) is 0 Å². The molecule has 2 nitrogen and oxygen atoms in total. The van der Waals surface area contributed by atoms with Crippen molar-refractivity contribution in [2.75, 3.05) is 6.61 Å². The molecule has 0 aliphatic heterocycles. The zero-order valence-corrected chi connectivity index (χ0v) is 8.92. The lowest BCUT2D eigenvalue weighted by Gasteiger charge is -2.07. The van der Waals surface area contributed by atoms with Gasteiger partial charge in [0.2, 0.25) is 0 Å². The fourth-order valence-corrected chi connectivity index (χ4v) is 1.33. The van der Waals surface area contributed by atoms with E-state index >= 15 is 0 Å². The number of aryl methyl sites for hydroxylation is 1. The van der Waals surface area contributed by atoms with Gasteiger partial charge in [0.15, 0.2) is 0 Å². The standard InChI is InChI=1S/C12H18O2/c1-3-4-5-14-12-7-10(2)6-11(8-12)9-13/h6-8,13H,3-5,9H2,1-2H3. The second-order valence-corrected chi connectivity index (χ2v) is 3.51. The number of unbranched alkanes of at least 4 members (excludes halogenated alkanes) is 1. The molecule has 0 amide bonds. The lowest BCUT2D eigenvalue weighted by atomic mass is 10.1. The fraction of sp³-hybridized carbons (Fsp3) is 0.500. The highest BCUT2D eigenvalue weighted by Crippen LogP contribution is 2.17. The quantitative estimate of drug-likeness (QED) is 0.730. The van der Waals surface area contributed by atoms with Crippen LogP contribution in [-0.4, -0.2) is 11.7 Å². The Bertz CT molecular complexity index is 282. The third-order valence-corrected chi connectivity index (χ3v) is 2.06. The average molecular weight is 194 g/mol. The molecule has 0 fully saturated rings. The number of hydrogen-bond donors (Lipinski definition) is 1. The summed E-state index contributed by atoms with van der Waals surface area (Å²) in [4.78, 5) is 0. The van der Waals surface area contributed by atoms with E-state index in [1.165, 1.54) is 0 Å². The van der Waals surface area contributed by atoms with E-state index in [0.29, 0.717) is 0 Å². The molecular formula is C12H18O2. The summed E-state index contributed by atoms with van der Waals surface area (Å²) in [6.45, 7) is 4.97. The van der Waals surface area contributed by atoms with Crippen LogP contribution in [0.25, 0.3) is 0 Å². The van der Waals surface area contributed by atoms with Crippen LogP contribution in [0.4, 0.5) is 0 Å². The summed E-state index contributed by atoms with van der Waals surface area (Å²) in [7, 11) is 0. The molecule has 0 saturated heterocycles. The molecule has 1 aromatic carbocycles. The Morgan fingerprint density at radius 3 is 2.71 bits per heavy atom. The Kier molecular flexibility index (Phi) is 4.47. The van der Waals surface area contributed by atoms with E-state index in [2.05, 4.69) is 6.92 Å². The van der Waals surface area contributed by atoms with Crippen LogP contribution >= 0.6 is 0 Å². The summed E-state index contributed by atoms with van der Waals surface area (Å²) in [5, 5.41) is 9.00. The third-order valence-electron chi connectivity index (χ3n) is 2.06. The van der Waals surface area contributed by atoms with Gasteiger partial charge in [0, 0.05) is 0 Å². The topological polar surface area (TPSA) is 29.5 Å². The number of benzene rings is 1. The highest BCUT2D eigenvalue weighted by Gasteiger charge is 1.98. The minimum atomic E-state index is 0.0752. The molecular weight excluding hydrogens is 176 g/mol. The molecule has 2 heteroatoms. The van der Waals surface area contributed by atoms with Gasteiger partial charge in [-0.2, -0.15) is 0 Å². The van der Waals surface area contributed by atoms with Crippen molar-refractivity contribution in [3.8, 4) is 5.75 Å². The first-order chi connectivity index (χ1) is 6.76. The van der Waals surface area contributed by atoms with Gasteiger partial charge >= 0.3 is 0 Å². The first-order valence-corrected chi connectivity index (χ1v) is 5.10. The zero-order chi connectivity index (χ0) is 10.4. The van der Waals surface area contributed by atoms with Gasteiger partial charge in [-0.3, -0.25) is 0 Å². The molecule has 0 atom stereocenters. The molecule has 0 radical (unpaired) electrons. The van der Waals surface area contributed by atoms with Crippen LogP contribution in [0, 0.1) is 6.92 Å². The van der Waals surface area contributed by atoms with Crippen LogP contribution in [0.1, 0.15) is 30.9 Å². The van der Waals surface area contributed by atoms with Crippen molar-refractivity contribution in [1.82, 2.24) is 0 Å². The summed E-state index contributed by atoms with van der Waals surface area (Å²) in [5.74, 6) is 0.863. The van der Waals surface area contributed by atoms with Crippen LogP contribution in [0.5, 0.6) is 5.75 Å². The normalized spacial score (nSPS) is 10.2. The monoisotopic (exact) mass is 194 g/mol. The number of hydrogen-bond acceptors (Lipinski definition) is 2. The van der Waals surface area contributed by atoms with E-state index in [0.717, 1.165) is 36.3 Å². The van der Waals surface area contributed by atoms with E-state index in [-0.39, 0.29) is 6.61 Å². The second kappa shape index (κ2) is 5.66. The molecule has 78 valence electrons. The zero-order valence-electron chi connectivity index (χ0n) is 8.92. The van der Waals surface area contributed by atoms with Gasteiger partial charge in [0.25, 0.3) is 0 Å². The lowest BCUT2D eigenvalue weighted by molar-refractivity contribution is 0.278. The van der Waals surface area contributed by atoms with Crippen molar-refractivity contribution < 1.29 is 9.84 Å². The number of rotatable bonds is 5. The number of aliphatic hydroxyl groups is 1. The second-order valence-electron chi connectivity index (χ2n) is 3.51. The third kappa shape index (κ3) is 3.38. The highest BCUT2D eigenvalue weighted by molar-refractivity contribution is 5.33. The number of aliphatic hydroxyl groups excluding tert-OH is 1. The summed E-state index contributed by atoms with van der Waals surface area (Å²) < 4.78 is 5.56. The van der Waals surface area contributed by atoms with Gasteiger partial charge < -0.3 is 9.84 Å². The molecule has 0 aromatic heterocycles. The predicted molar refractivity (Wildman–Crippen MR) is 57.5 cm³/mol. The molecule has 0 aliphatic rings. The maximum absolute atomic E-state index is 9.00. The van der Waals surface area contributed by atoms with E-state index in [1.54, 1.807) is 0 Å². The van der Waals surface area contributed by atoms with Crippen molar-refractivity contribution in [3.05, 3.63) is 29.3 Å². The van der Waals surface area contributed by atoms with Gasteiger partial charge in [-0.15, -0.1) is 0 Å². The molecule has 1 aromatic rings. The molecule has 0 aliphatic carbocycles. The summed E-state index contributed by atoms with van der Waals surface area (Å²) in [6, 6.07) is 5.85. The molecule has 1 rings (SSSR count). The maximum Gasteiger partial charge on any atom is 0.119 e. The molecule has 0 bridgehead atoms. The van der Waals surface area contributed by atoms with Gasteiger partial charge in [-0.05, 0) is 36.6 Å². The van der Waals surface area contributed by atoms with Gasteiger partial charge in [0.1, 0.15) is 5.75 Å². The van der Waals surface area contributed by atoms with Gasteiger partial charge in [0.05, 0.1) is 13.2 Å². The lowest BCUT2D eigenvalue weighted by Crippen LogP contribution is -1.97. The van der Waals surface area contributed by atoms with E-state index in [4.69, 9.17) is 9.84 Å². The van der Waals surface area contributed by atoms with Crippen molar-refractivity contribution >= 4 is 0 Å². The summed E-state index contributed by atoms with van der Waals surface area (Å²) in [6.07, 6.45) is 2.21. The van der Waals surface area contributed by atoms with Crippen molar-refractivity contribution in [2.24, 2.45) is 0 Å². The Morgan fingerprint density at radius 1 is 1.29 bits per heavy atom. The van der Waals surface area contributed by atoms with Crippen molar-refractivity contribution in [3.63, 3.8) is 0 Å². The Hall–Kier alpha value is -1.02.